The summed E-state index contributed by atoms with van der Waals surface area (Å²) in [5.41, 5.74) is 1.30. The van der Waals surface area contributed by atoms with Crippen LogP contribution in [0.2, 0.25) is 0 Å². The summed E-state index contributed by atoms with van der Waals surface area (Å²) >= 11 is 0. The van der Waals surface area contributed by atoms with Crippen molar-refractivity contribution in [2.45, 2.75) is 6.42 Å². The zero-order chi connectivity index (χ0) is 8.39. The third-order valence-corrected chi connectivity index (χ3v) is 2.24. The van der Waals surface area contributed by atoms with Gasteiger partial charge in [0.1, 0.15) is 5.75 Å². The Balaban J connectivity index is 2.28. The molecule has 0 unspecified atom stereocenters. The molecule has 0 radical (unpaired) electrons. The van der Waals surface area contributed by atoms with E-state index in [-0.39, 0.29) is 0 Å². The fourth-order valence-electron chi connectivity index (χ4n) is 1.50. The molecule has 1 aromatic rings. The molecule has 0 fully saturated rings. The molecule has 0 aromatic heterocycles. The van der Waals surface area contributed by atoms with E-state index in [2.05, 4.69) is 12.6 Å². The molecule has 0 N–H and O–H groups in total. The van der Waals surface area contributed by atoms with Crippen molar-refractivity contribution in [1.82, 2.24) is 0 Å². The number of benzene rings is 1. The molecule has 2 rings (SSSR count). The molecule has 1 heteroatoms. The smallest absolute Gasteiger partial charge is 0.122 e. The molecule has 1 heterocycles. The molecule has 1 atom stereocenters. The molecule has 0 saturated heterocycles. The van der Waals surface area contributed by atoms with Crippen molar-refractivity contribution in [3.63, 3.8) is 0 Å². The van der Waals surface area contributed by atoms with E-state index in [4.69, 9.17) is 4.74 Å². The summed E-state index contributed by atoms with van der Waals surface area (Å²) in [5, 5.41) is 0. The van der Waals surface area contributed by atoms with E-state index in [1.54, 1.807) is 0 Å². The van der Waals surface area contributed by atoms with Gasteiger partial charge in [-0.1, -0.05) is 24.3 Å². The summed E-state index contributed by atoms with van der Waals surface area (Å²) < 4.78 is 5.56. The number of fused-ring (bicyclic) bond motifs is 1. The van der Waals surface area contributed by atoms with Gasteiger partial charge in [-0.3, -0.25) is 0 Å². The number of hydrogen-bond donors (Lipinski definition) is 0. The summed E-state index contributed by atoms with van der Waals surface area (Å²) in [7, 11) is 0. The number of para-hydroxylation sites is 1. The molecule has 0 aliphatic carbocycles. The molecule has 62 valence electrons. The maximum atomic E-state index is 5.56. The molecule has 0 spiro atoms. The zero-order valence-electron chi connectivity index (χ0n) is 6.99. The Morgan fingerprint density at radius 2 is 2.25 bits per heavy atom. The summed E-state index contributed by atoms with van der Waals surface area (Å²) in [6, 6.07) is 8.19. The van der Waals surface area contributed by atoms with Crippen LogP contribution >= 0.6 is 0 Å². The van der Waals surface area contributed by atoms with Crippen LogP contribution in [-0.2, 0) is 6.42 Å². The van der Waals surface area contributed by atoms with Crippen LogP contribution in [0.25, 0.3) is 0 Å². The van der Waals surface area contributed by atoms with Crippen LogP contribution in [0.3, 0.4) is 0 Å². The van der Waals surface area contributed by atoms with Gasteiger partial charge in [0.05, 0.1) is 6.61 Å². The highest BCUT2D eigenvalue weighted by molar-refractivity contribution is 5.35. The molecule has 0 saturated carbocycles. The molecule has 1 aliphatic rings. The average molecular weight is 160 g/mol. The van der Waals surface area contributed by atoms with Crippen LogP contribution in [0.5, 0.6) is 5.75 Å². The number of rotatable bonds is 1. The van der Waals surface area contributed by atoms with Gasteiger partial charge in [0.15, 0.2) is 0 Å². The lowest BCUT2D eigenvalue weighted by Gasteiger charge is -2.22. The second-order valence-electron chi connectivity index (χ2n) is 3.12. The minimum atomic E-state index is 0.486. The first-order valence-corrected chi connectivity index (χ1v) is 4.23. The van der Waals surface area contributed by atoms with Gasteiger partial charge in [-0.2, -0.15) is 0 Å². The predicted octanol–water partition coefficient (Wildman–Crippen LogP) is 2.42. The van der Waals surface area contributed by atoms with Crippen LogP contribution < -0.4 is 4.74 Å². The van der Waals surface area contributed by atoms with Crippen LogP contribution in [0, 0.1) is 5.92 Å². The zero-order valence-corrected chi connectivity index (χ0v) is 6.99. The fourth-order valence-corrected chi connectivity index (χ4v) is 1.50. The first-order chi connectivity index (χ1) is 5.90. The summed E-state index contributed by atoms with van der Waals surface area (Å²) in [6.45, 7) is 4.56. The molecular weight excluding hydrogens is 148 g/mol. The normalized spacial score (nSPS) is 20.8. The number of ether oxygens (including phenoxy) is 1. The second-order valence-corrected chi connectivity index (χ2v) is 3.12. The van der Waals surface area contributed by atoms with Crippen molar-refractivity contribution in [3.05, 3.63) is 42.5 Å². The van der Waals surface area contributed by atoms with Crippen molar-refractivity contribution in [2.75, 3.05) is 6.61 Å². The summed E-state index contributed by atoms with van der Waals surface area (Å²) in [6.07, 6.45) is 3.04. The van der Waals surface area contributed by atoms with E-state index in [1.807, 2.05) is 24.3 Å². The van der Waals surface area contributed by atoms with Crippen LogP contribution in [0.4, 0.5) is 0 Å². The van der Waals surface area contributed by atoms with E-state index in [0.29, 0.717) is 5.92 Å². The Bertz CT molecular complexity index is 291. The molecule has 1 aliphatic heterocycles. The minimum absolute atomic E-state index is 0.486. The Morgan fingerprint density at radius 3 is 3.08 bits per heavy atom. The van der Waals surface area contributed by atoms with Gasteiger partial charge in [0, 0.05) is 5.92 Å². The largest absolute Gasteiger partial charge is 0.493 e. The highest BCUT2D eigenvalue weighted by Gasteiger charge is 2.15. The van der Waals surface area contributed by atoms with Gasteiger partial charge in [0.25, 0.3) is 0 Å². The first-order valence-electron chi connectivity index (χ1n) is 4.23. The molecule has 0 bridgehead atoms. The third-order valence-electron chi connectivity index (χ3n) is 2.24. The second kappa shape index (κ2) is 3.02. The van der Waals surface area contributed by atoms with Gasteiger partial charge in [-0.25, -0.2) is 0 Å². The quantitative estimate of drug-likeness (QED) is 0.573. The summed E-state index contributed by atoms with van der Waals surface area (Å²) in [4.78, 5) is 0. The molecule has 1 aromatic carbocycles. The van der Waals surface area contributed by atoms with E-state index in [1.165, 1.54) is 5.56 Å². The molecule has 0 amide bonds. The number of hydrogen-bond acceptors (Lipinski definition) is 1. The monoisotopic (exact) mass is 160 g/mol. The summed E-state index contributed by atoms with van der Waals surface area (Å²) in [5.74, 6) is 1.52. The lowest BCUT2D eigenvalue weighted by Crippen LogP contribution is -2.18. The van der Waals surface area contributed by atoms with Crippen molar-refractivity contribution in [1.29, 1.82) is 0 Å². The standard InChI is InChI=1S/C11H12O/c1-2-9-7-10-5-3-4-6-11(10)12-8-9/h2-6,9H,1,7-8H2/t9-/m1/s1. The fraction of sp³-hybridized carbons (Fsp3) is 0.273. The van der Waals surface area contributed by atoms with Crippen LogP contribution in [0.1, 0.15) is 5.56 Å². The predicted molar refractivity (Wildman–Crippen MR) is 49.3 cm³/mol. The van der Waals surface area contributed by atoms with Gasteiger partial charge >= 0.3 is 0 Å². The molecule has 12 heavy (non-hydrogen) atoms. The Labute approximate surface area is 72.7 Å². The molecular formula is C11H12O. The maximum absolute atomic E-state index is 5.56. The topological polar surface area (TPSA) is 9.23 Å². The van der Waals surface area contributed by atoms with E-state index >= 15 is 0 Å². The van der Waals surface area contributed by atoms with Crippen LogP contribution in [-0.4, -0.2) is 6.61 Å². The lowest BCUT2D eigenvalue weighted by atomic mass is 9.97. The SMILES string of the molecule is C=C[C@H]1COc2ccccc2C1. The van der Waals surface area contributed by atoms with Crippen LogP contribution in [0.15, 0.2) is 36.9 Å². The van der Waals surface area contributed by atoms with E-state index in [9.17, 15) is 0 Å². The Hall–Kier alpha value is -1.24. The lowest BCUT2D eigenvalue weighted by molar-refractivity contribution is 0.250. The minimum Gasteiger partial charge on any atom is -0.493 e. The van der Waals surface area contributed by atoms with Crippen molar-refractivity contribution in [2.24, 2.45) is 5.92 Å². The molecule has 1 nitrogen and oxygen atoms in total. The Kier molecular flexibility index (Phi) is 1.86. The third kappa shape index (κ3) is 1.22. The maximum Gasteiger partial charge on any atom is 0.122 e. The van der Waals surface area contributed by atoms with Crippen molar-refractivity contribution >= 4 is 0 Å². The highest BCUT2D eigenvalue weighted by Crippen LogP contribution is 2.26. The highest BCUT2D eigenvalue weighted by atomic mass is 16.5. The van der Waals surface area contributed by atoms with Gasteiger partial charge in [0.2, 0.25) is 0 Å². The Morgan fingerprint density at radius 1 is 1.42 bits per heavy atom. The average Bonchev–Trinajstić information content (AvgIpc) is 2.17. The van der Waals surface area contributed by atoms with E-state index < -0.39 is 0 Å². The van der Waals surface area contributed by atoms with Gasteiger partial charge in [-0.05, 0) is 18.1 Å². The first kappa shape index (κ1) is 7.41. The van der Waals surface area contributed by atoms with E-state index in [0.717, 1.165) is 18.8 Å². The van der Waals surface area contributed by atoms with Crippen molar-refractivity contribution in [3.8, 4) is 5.75 Å². The van der Waals surface area contributed by atoms with Gasteiger partial charge in [-0.15, -0.1) is 6.58 Å². The van der Waals surface area contributed by atoms with Gasteiger partial charge < -0.3 is 4.74 Å². The van der Waals surface area contributed by atoms with Crippen molar-refractivity contribution < 1.29 is 4.74 Å².